The van der Waals surface area contributed by atoms with Crippen molar-refractivity contribution in [2.24, 2.45) is 5.92 Å². The Hall–Kier alpha value is -2.44. The van der Waals surface area contributed by atoms with Gasteiger partial charge in [0.15, 0.2) is 0 Å². The van der Waals surface area contributed by atoms with Crippen LogP contribution in [-0.2, 0) is 6.42 Å². The normalized spacial score (nSPS) is 33.7. The van der Waals surface area contributed by atoms with Crippen molar-refractivity contribution in [1.82, 2.24) is 14.8 Å². The maximum atomic E-state index is 16.1. The van der Waals surface area contributed by atoms with Crippen LogP contribution in [0.15, 0.2) is 36.4 Å². The minimum absolute atomic E-state index is 0.0450. The number of para-hydroxylation sites is 1. The summed E-state index contributed by atoms with van der Waals surface area (Å²) >= 11 is 0. The molecule has 1 aromatic heterocycles. The van der Waals surface area contributed by atoms with Gasteiger partial charge in [-0.25, -0.2) is 8.78 Å². The van der Waals surface area contributed by atoms with Crippen LogP contribution in [0.4, 0.5) is 14.5 Å². The summed E-state index contributed by atoms with van der Waals surface area (Å²) in [6.45, 7) is 4.17. The van der Waals surface area contributed by atoms with Crippen LogP contribution in [0, 0.1) is 11.7 Å². The Balaban J connectivity index is 1.24. The predicted molar refractivity (Wildman–Crippen MR) is 130 cm³/mol. The van der Waals surface area contributed by atoms with Crippen molar-refractivity contribution in [3.05, 3.63) is 64.6 Å². The summed E-state index contributed by atoms with van der Waals surface area (Å²) in [5, 5.41) is 4.82. The average molecular weight is 461 g/mol. The number of hydrogen-bond donors (Lipinski definition) is 2. The largest absolute Gasteiger partial charge is 0.380 e. The second kappa shape index (κ2) is 6.61. The third kappa shape index (κ3) is 2.34. The molecule has 2 aromatic carbocycles. The lowest BCUT2D eigenvalue weighted by molar-refractivity contribution is -0.209. The van der Waals surface area contributed by atoms with E-state index in [-0.39, 0.29) is 30.1 Å². The van der Waals surface area contributed by atoms with Crippen molar-refractivity contribution >= 4 is 16.6 Å². The Bertz CT molecular complexity index is 1320. The topological polar surface area (TPSA) is 34.3 Å². The number of alkyl halides is 1. The molecule has 0 radical (unpaired) electrons. The summed E-state index contributed by atoms with van der Waals surface area (Å²) in [7, 11) is 0. The van der Waals surface area contributed by atoms with Crippen molar-refractivity contribution in [2.75, 3.05) is 31.6 Å². The quantitative estimate of drug-likeness (QED) is 0.577. The number of fused-ring (bicyclic) bond motifs is 7. The predicted octanol–water partition coefficient (Wildman–Crippen LogP) is 4.97. The van der Waals surface area contributed by atoms with Gasteiger partial charge in [0.1, 0.15) is 12.5 Å². The van der Waals surface area contributed by atoms with Crippen molar-refractivity contribution in [3.8, 4) is 0 Å². The molecule has 3 aliphatic heterocycles. The van der Waals surface area contributed by atoms with Gasteiger partial charge in [0.25, 0.3) is 0 Å². The summed E-state index contributed by atoms with van der Waals surface area (Å²) < 4.78 is 28.7. The molecule has 3 aromatic rings. The smallest absolute Gasteiger partial charge is 0.130 e. The summed E-state index contributed by atoms with van der Waals surface area (Å²) in [5.74, 6) is 1.05. The van der Waals surface area contributed by atoms with E-state index >= 15 is 4.39 Å². The van der Waals surface area contributed by atoms with E-state index in [9.17, 15) is 4.39 Å². The number of benzene rings is 2. The summed E-state index contributed by atoms with van der Waals surface area (Å²) in [6, 6.07) is 13.1. The lowest BCUT2D eigenvalue weighted by atomic mass is 9.37. The zero-order valence-corrected chi connectivity index (χ0v) is 19.5. The highest BCUT2D eigenvalue weighted by Crippen LogP contribution is 2.75. The number of rotatable bonds is 4. The highest BCUT2D eigenvalue weighted by Gasteiger charge is 2.73. The fraction of sp³-hybridized carbons (Fsp3) is 0.500. The van der Waals surface area contributed by atoms with Crippen LogP contribution in [0.25, 0.3) is 10.9 Å². The molecule has 2 bridgehead atoms. The van der Waals surface area contributed by atoms with Gasteiger partial charge in [-0.05, 0) is 61.4 Å². The molecule has 3 saturated carbocycles. The van der Waals surface area contributed by atoms with E-state index in [4.69, 9.17) is 0 Å². The minimum atomic E-state index is -0.308. The molecular formula is C28H30F2N4. The van der Waals surface area contributed by atoms with Crippen LogP contribution in [-0.4, -0.2) is 58.7 Å². The molecule has 4 fully saturated rings. The number of hydrogen-bond acceptors (Lipinski definition) is 3. The van der Waals surface area contributed by atoms with Gasteiger partial charge in [0, 0.05) is 65.0 Å². The van der Waals surface area contributed by atoms with Gasteiger partial charge < -0.3 is 10.3 Å². The van der Waals surface area contributed by atoms with Crippen LogP contribution >= 0.6 is 0 Å². The fourth-order valence-corrected chi connectivity index (χ4v) is 8.28. The van der Waals surface area contributed by atoms with E-state index in [1.165, 1.54) is 35.0 Å². The first-order valence-electron chi connectivity index (χ1n) is 12.8. The Morgan fingerprint density at radius 1 is 1.18 bits per heavy atom. The van der Waals surface area contributed by atoms with Gasteiger partial charge in [0.05, 0.1) is 12.1 Å². The molecule has 34 heavy (non-hydrogen) atoms. The van der Waals surface area contributed by atoms with E-state index in [0.717, 1.165) is 36.3 Å². The Labute approximate surface area is 198 Å². The number of likely N-dealkylation sites (tertiary alicyclic amines) is 1. The first-order valence-corrected chi connectivity index (χ1v) is 12.8. The van der Waals surface area contributed by atoms with Gasteiger partial charge in [-0.2, -0.15) is 0 Å². The summed E-state index contributed by atoms with van der Waals surface area (Å²) in [6.07, 6.45) is 3.50. The van der Waals surface area contributed by atoms with Gasteiger partial charge in [-0.1, -0.05) is 18.2 Å². The van der Waals surface area contributed by atoms with E-state index < -0.39 is 0 Å². The second-order valence-corrected chi connectivity index (χ2v) is 11.4. The average Bonchev–Trinajstić information content (AvgIpc) is 3.10. The zero-order valence-electron chi connectivity index (χ0n) is 19.5. The lowest BCUT2D eigenvalue weighted by Gasteiger charge is -2.77. The fourth-order valence-electron chi connectivity index (χ4n) is 8.28. The molecule has 3 aliphatic carbocycles. The maximum Gasteiger partial charge on any atom is 0.130 e. The Morgan fingerprint density at radius 3 is 2.76 bits per heavy atom. The van der Waals surface area contributed by atoms with Crippen molar-refractivity contribution in [2.45, 2.75) is 55.8 Å². The van der Waals surface area contributed by atoms with E-state index in [1.54, 1.807) is 6.07 Å². The van der Waals surface area contributed by atoms with Crippen LogP contribution in [0.3, 0.4) is 0 Å². The highest BCUT2D eigenvalue weighted by molar-refractivity contribution is 5.85. The number of aromatic nitrogens is 1. The monoisotopic (exact) mass is 460 g/mol. The molecule has 0 amide bonds. The van der Waals surface area contributed by atoms with E-state index in [1.807, 2.05) is 0 Å². The highest BCUT2D eigenvalue weighted by atomic mass is 19.1. The number of nitrogens with one attached hydrogen (secondary N) is 2. The molecule has 1 unspecified atom stereocenters. The standard InChI is InChI=1S/C28H30F2N4/c1-15-8-20-19-4-2-3-5-23(19)32-26(20)27-24-21(25-16-11-28(25,12-16)34(15)27)9-17(10-22(24)30)31-18-13-33(14-18)7-6-29/h2-5,9-10,15-16,18,25,27,31-32H,6-8,11-14H2,1H3/t15-,16?,25?,27-,28?/m1/s1. The van der Waals surface area contributed by atoms with E-state index in [2.05, 4.69) is 57.4 Å². The molecule has 1 spiro atoms. The number of halogens is 2. The molecular weight excluding hydrogens is 430 g/mol. The molecule has 6 aliphatic rings. The Kier molecular flexibility index (Phi) is 3.85. The van der Waals surface area contributed by atoms with Crippen molar-refractivity contribution in [3.63, 3.8) is 0 Å². The molecule has 3 atom stereocenters. The van der Waals surface area contributed by atoms with Crippen LogP contribution in [0.1, 0.15) is 54.1 Å². The minimum Gasteiger partial charge on any atom is -0.380 e. The molecule has 4 nitrogen and oxygen atoms in total. The van der Waals surface area contributed by atoms with Crippen molar-refractivity contribution in [1.29, 1.82) is 0 Å². The number of aromatic amines is 1. The van der Waals surface area contributed by atoms with Gasteiger partial charge in [0.2, 0.25) is 0 Å². The first-order chi connectivity index (χ1) is 16.6. The summed E-state index contributed by atoms with van der Waals surface area (Å²) in [5.41, 5.74) is 6.91. The van der Waals surface area contributed by atoms with Gasteiger partial charge in [-0.15, -0.1) is 0 Å². The second-order valence-electron chi connectivity index (χ2n) is 11.4. The molecule has 4 heterocycles. The third-order valence-corrected chi connectivity index (χ3v) is 9.67. The van der Waals surface area contributed by atoms with Crippen molar-refractivity contribution < 1.29 is 8.78 Å². The number of anilines is 1. The lowest BCUT2D eigenvalue weighted by Crippen LogP contribution is -2.78. The first kappa shape index (κ1) is 19.8. The SMILES string of the molecule is C[C@@H]1Cc2c([nH]c3ccccc23)[C@H]2c3c(F)cc(NC4CN(CCF)C4)cc3C3C4CC3(C4)N21. The van der Waals surface area contributed by atoms with Crippen LogP contribution in [0.5, 0.6) is 0 Å². The molecule has 9 rings (SSSR count). The van der Waals surface area contributed by atoms with Crippen LogP contribution < -0.4 is 5.32 Å². The molecule has 6 heteroatoms. The number of nitrogens with zero attached hydrogens (tertiary/aromatic N) is 2. The van der Waals surface area contributed by atoms with Gasteiger partial charge in [-0.3, -0.25) is 9.80 Å². The summed E-state index contributed by atoms with van der Waals surface area (Å²) in [4.78, 5) is 8.51. The molecule has 176 valence electrons. The zero-order chi connectivity index (χ0) is 22.8. The van der Waals surface area contributed by atoms with Crippen LogP contribution in [0.2, 0.25) is 0 Å². The Morgan fingerprint density at radius 2 is 2.00 bits per heavy atom. The molecule has 2 N–H and O–H groups in total. The maximum absolute atomic E-state index is 16.1. The van der Waals surface area contributed by atoms with Gasteiger partial charge >= 0.3 is 0 Å². The molecule has 1 saturated heterocycles. The van der Waals surface area contributed by atoms with E-state index in [0.29, 0.717) is 24.4 Å². The third-order valence-electron chi connectivity index (χ3n) is 9.67. The number of H-pyrrole nitrogens is 1.